The van der Waals surface area contributed by atoms with Crippen molar-refractivity contribution in [2.24, 2.45) is 0 Å². The van der Waals surface area contributed by atoms with Crippen LogP contribution in [-0.4, -0.2) is 42.6 Å². The first-order valence-electron chi connectivity index (χ1n) is 8.98. The SMILES string of the molecule is COC(=O)N(C)Cc1ccc(-c2[nH]c3cc(F)cc4c3c2CCNC4=O)cc1. The van der Waals surface area contributed by atoms with Crippen molar-refractivity contribution in [2.75, 3.05) is 20.7 Å². The van der Waals surface area contributed by atoms with Crippen molar-refractivity contribution in [1.29, 1.82) is 0 Å². The van der Waals surface area contributed by atoms with Crippen molar-refractivity contribution < 1.29 is 18.7 Å². The Morgan fingerprint density at radius 2 is 2.00 bits per heavy atom. The average Bonchev–Trinajstić information content (AvgIpc) is 2.96. The van der Waals surface area contributed by atoms with Crippen LogP contribution in [0, 0.1) is 5.82 Å². The summed E-state index contributed by atoms with van der Waals surface area (Å²) in [7, 11) is 3.02. The number of halogens is 1. The fraction of sp³-hybridized carbons (Fsp3) is 0.238. The van der Waals surface area contributed by atoms with Crippen LogP contribution in [0.5, 0.6) is 0 Å². The molecule has 0 aliphatic carbocycles. The Balaban J connectivity index is 1.73. The molecule has 1 aromatic heterocycles. The number of nitrogens with one attached hydrogen (secondary N) is 2. The normalized spacial score (nSPS) is 13.2. The number of carbonyl (C=O) groups excluding carboxylic acids is 2. The van der Waals surface area contributed by atoms with Crippen molar-refractivity contribution in [1.82, 2.24) is 15.2 Å². The number of aromatic nitrogens is 1. The lowest BCUT2D eigenvalue weighted by Crippen LogP contribution is -2.25. The monoisotopic (exact) mass is 381 g/mol. The van der Waals surface area contributed by atoms with Gasteiger partial charge in [-0.2, -0.15) is 0 Å². The number of rotatable bonds is 3. The second-order valence-corrected chi connectivity index (χ2v) is 6.88. The molecule has 0 radical (unpaired) electrons. The molecule has 0 unspecified atom stereocenters. The highest BCUT2D eigenvalue weighted by atomic mass is 19.1. The van der Waals surface area contributed by atoms with Crippen LogP contribution >= 0.6 is 0 Å². The minimum atomic E-state index is -0.444. The first kappa shape index (κ1) is 18.0. The van der Waals surface area contributed by atoms with Gasteiger partial charge in [0.2, 0.25) is 0 Å². The fourth-order valence-corrected chi connectivity index (χ4v) is 3.71. The molecule has 1 aliphatic rings. The first-order valence-corrected chi connectivity index (χ1v) is 8.98. The number of benzene rings is 2. The van der Waals surface area contributed by atoms with E-state index in [1.54, 1.807) is 7.05 Å². The molecule has 2 amide bonds. The van der Waals surface area contributed by atoms with Crippen LogP contribution in [0.2, 0.25) is 0 Å². The molecule has 6 nitrogen and oxygen atoms in total. The number of hydrogen-bond acceptors (Lipinski definition) is 3. The van der Waals surface area contributed by atoms with E-state index in [0.717, 1.165) is 27.8 Å². The smallest absolute Gasteiger partial charge is 0.409 e. The Morgan fingerprint density at radius 3 is 2.71 bits per heavy atom. The molecule has 0 fully saturated rings. The van der Waals surface area contributed by atoms with E-state index in [1.807, 2.05) is 24.3 Å². The van der Waals surface area contributed by atoms with Gasteiger partial charge in [0.15, 0.2) is 0 Å². The lowest BCUT2D eigenvalue weighted by molar-refractivity contribution is 0.0956. The Morgan fingerprint density at radius 1 is 1.25 bits per heavy atom. The molecular weight excluding hydrogens is 361 g/mol. The van der Waals surface area contributed by atoms with Crippen LogP contribution in [0.3, 0.4) is 0 Å². The molecule has 2 aromatic carbocycles. The largest absolute Gasteiger partial charge is 0.453 e. The summed E-state index contributed by atoms with van der Waals surface area (Å²) >= 11 is 0. The molecule has 4 rings (SSSR count). The Bertz CT molecular complexity index is 1070. The van der Waals surface area contributed by atoms with Gasteiger partial charge in [-0.3, -0.25) is 4.79 Å². The lowest BCUT2D eigenvalue weighted by Gasteiger charge is -2.15. The third-order valence-electron chi connectivity index (χ3n) is 5.02. The Hall–Kier alpha value is -3.35. The summed E-state index contributed by atoms with van der Waals surface area (Å²) in [4.78, 5) is 28.6. The minimum absolute atomic E-state index is 0.255. The highest BCUT2D eigenvalue weighted by molar-refractivity contribution is 6.10. The predicted molar refractivity (Wildman–Crippen MR) is 104 cm³/mol. The number of ether oxygens (including phenoxy) is 1. The summed E-state index contributed by atoms with van der Waals surface area (Å²) in [6.45, 7) is 0.928. The van der Waals surface area contributed by atoms with E-state index in [1.165, 1.54) is 24.1 Å². The third-order valence-corrected chi connectivity index (χ3v) is 5.02. The number of H-pyrrole nitrogens is 1. The van der Waals surface area contributed by atoms with Crippen LogP contribution < -0.4 is 5.32 Å². The maximum absolute atomic E-state index is 14.0. The van der Waals surface area contributed by atoms with Gasteiger partial charge in [-0.25, -0.2) is 9.18 Å². The highest BCUT2D eigenvalue weighted by Crippen LogP contribution is 2.34. The summed E-state index contributed by atoms with van der Waals surface area (Å²) in [5.74, 6) is -0.699. The van der Waals surface area contributed by atoms with Crippen LogP contribution in [0.4, 0.5) is 9.18 Å². The molecule has 7 heteroatoms. The molecule has 0 bridgehead atoms. The molecule has 144 valence electrons. The number of methoxy groups -OCH3 is 1. The van der Waals surface area contributed by atoms with E-state index in [2.05, 4.69) is 10.3 Å². The topological polar surface area (TPSA) is 74.4 Å². The maximum atomic E-state index is 14.0. The molecular formula is C21H20FN3O3. The third kappa shape index (κ3) is 3.09. The number of amides is 2. The summed E-state index contributed by atoms with van der Waals surface area (Å²) in [5, 5.41) is 3.60. The van der Waals surface area contributed by atoms with Crippen molar-refractivity contribution in [3.05, 3.63) is 58.9 Å². The van der Waals surface area contributed by atoms with Crippen molar-refractivity contribution in [3.8, 4) is 11.3 Å². The number of nitrogens with zero attached hydrogens (tertiary/aromatic N) is 1. The van der Waals surface area contributed by atoms with Crippen LogP contribution in [0.15, 0.2) is 36.4 Å². The highest BCUT2D eigenvalue weighted by Gasteiger charge is 2.23. The van der Waals surface area contributed by atoms with Crippen LogP contribution in [0.25, 0.3) is 22.2 Å². The molecule has 0 spiro atoms. The van der Waals surface area contributed by atoms with E-state index >= 15 is 0 Å². The standard InChI is InChI=1S/C21H20FN3O3/c1-25(21(27)28-2)11-12-3-5-13(6-4-12)19-15-7-8-23-20(26)16-9-14(22)10-17(24-19)18(15)16/h3-6,9-10,24H,7-8,11H2,1-2H3,(H,23,26). The molecule has 2 heterocycles. The Kier molecular flexibility index (Phi) is 4.50. The molecule has 0 atom stereocenters. The van der Waals surface area contributed by atoms with Gasteiger partial charge < -0.3 is 19.9 Å². The van der Waals surface area contributed by atoms with E-state index in [4.69, 9.17) is 4.74 Å². The zero-order valence-corrected chi connectivity index (χ0v) is 15.6. The molecule has 28 heavy (non-hydrogen) atoms. The van der Waals surface area contributed by atoms with Crippen molar-refractivity contribution in [2.45, 2.75) is 13.0 Å². The predicted octanol–water partition coefficient (Wildman–Crippen LogP) is 3.46. The average molecular weight is 381 g/mol. The second kappa shape index (κ2) is 6.99. The second-order valence-electron chi connectivity index (χ2n) is 6.88. The van der Waals surface area contributed by atoms with Crippen LogP contribution in [0.1, 0.15) is 21.5 Å². The van der Waals surface area contributed by atoms with E-state index < -0.39 is 11.9 Å². The fourth-order valence-electron chi connectivity index (χ4n) is 3.71. The minimum Gasteiger partial charge on any atom is -0.453 e. The molecule has 3 aromatic rings. The van der Waals surface area contributed by atoms with Gasteiger partial charge in [-0.15, -0.1) is 0 Å². The van der Waals surface area contributed by atoms with Gasteiger partial charge in [0.1, 0.15) is 5.82 Å². The molecule has 0 saturated carbocycles. The van der Waals surface area contributed by atoms with Gasteiger partial charge in [-0.1, -0.05) is 24.3 Å². The van der Waals surface area contributed by atoms with Gasteiger partial charge in [0, 0.05) is 36.7 Å². The van der Waals surface area contributed by atoms with Crippen molar-refractivity contribution in [3.63, 3.8) is 0 Å². The lowest BCUT2D eigenvalue weighted by atomic mass is 9.99. The summed E-state index contributed by atoms with van der Waals surface area (Å²) in [5.41, 5.74) is 4.76. The number of hydrogen-bond donors (Lipinski definition) is 2. The summed E-state index contributed by atoms with van der Waals surface area (Å²) < 4.78 is 18.7. The zero-order chi connectivity index (χ0) is 19.8. The van der Waals surface area contributed by atoms with Gasteiger partial charge in [-0.05, 0) is 35.2 Å². The quantitative estimate of drug-likeness (QED) is 0.730. The van der Waals surface area contributed by atoms with E-state index in [-0.39, 0.29) is 5.91 Å². The Labute approximate surface area is 161 Å². The molecule has 2 N–H and O–H groups in total. The molecule has 0 saturated heterocycles. The van der Waals surface area contributed by atoms with Gasteiger partial charge >= 0.3 is 6.09 Å². The maximum Gasteiger partial charge on any atom is 0.409 e. The first-order chi connectivity index (χ1) is 13.5. The van der Waals surface area contributed by atoms with Gasteiger partial charge in [0.05, 0.1) is 12.7 Å². The van der Waals surface area contributed by atoms with E-state index in [0.29, 0.717) is 30.6 Å². The van der Waals surface area contributed by atoms with Crippen LogP contribution in [-0.2, 0) is 17.7 Å². The summed E-state index contributed by atoms with van der Waals surface area (Å²) in [6, 6.07) is 10.5. The van der Waals surface area contributed by atoms with Crippen molar-refractivity contribution >= 4 is 22.9 Å². The number of aromatic amines is 1. The van der Waals surface area contributed by atoms with Gasteiger partial charge in [0.25, 0.3) is 5.91 Å². The van der Waals surface area contributed by atoms with E-state index in [9.17, 15) is 14.0 Å². The zero-order valence-electron chi connectivity index (χ0n) is 15.6. The molecule has 1 aliphatic heterocycles. The summed E-state index contributed by atoms with van der Waals surface area (Å²) in [6.07, 6.45) is 0.263. The number of carbonyl (C=O) groups is 2.